The molecule has 0 bridgehead atoms. The van der Waals surface area contributed by atoms with Crippen molar-refractivity contribution in [1.82, 2.24) is 9.88 Å². The summed E-state index contributed by atoms with van der Waals surface area (Å²) in [6.07, 6.45) is 9.29. The van der Waals surface area contributed by atoms with Crippen LogP contribution in [0.3, 0.4) is 0 Å². The summed E-state index contributed by atoms with van der Waals surface area (Å²) in [4.78, 5) is 32.8. The third-order valence-corrected chi connectivity index (χ3v) is 9.84. The van der Waals surface area contributed by atoms with E-state index in [4.69, 9.17) is 5.73 Å². The fourth-order valence-corrected chi connectivity index (χ4v) is 7.58. The number of aliphatic hydroxyl groups is 1. The van der Waals surface area contributed by atoms with Crippen LogP contribution in [0.5, 0.6) is 0 Å². The van der Waals surface area contributed by atoms with Crippen molar-refractivity contribution >= 4 is 17.6 Å². The maximum atomic E-state index is 13.2. The van der Waals surface area contributed by atoms with Crippen LogP contribution in [-0.4, -0.2) is 44.5 Å². The zero-order valence-electron chi connectivity index (χ0n) is 26.3. The number of aromatic nitrogens is 1. The Morgan fingerprint density at radius 2 is 1.59 bits per heavy atom. The lowest BCUT2D eigenvalue weighted by Gasteiger charge is -2.49. The van der Waals surface area contributed by atoms with Crippen LogP contribution in [0, 0.1) is 11.8 Å². The second-order valence-corrected chi connectivity index (χ2v) is 14.1. The van der Waals surface area contributed by atoms with Crippen LogP contribution in [0.1, 0.15) is 84.1 Å². The Hall–Kier alpha value is -3.55. The second kappa shape index (κ2) is 12.1. The molecule has 3 aromatic rings. The summed E-state index contributed by atoms with van der Waals surface area (Å²) < 4.78 is 0. The van der Waals surface area contributed by atoms with E-state index in [2.05, 4.69) is 53.3 Å². The van der Waals surface area contributed by atoms with Gasteiger partial charge in [-0.25, -0.2) is 4.98 Å². The molecule has 3 fully saturated rings. The number of benzene rings is 2. The summed E-state index contributed by atoms with van der Waals surface area (Å²) in [5, 5.41) is 13.3. The van der Waals surface area contributed by atoms with Gasteiger partial charge < -0.3 is 21.1 Å². The Kier molecular flexibility index (Phi) is 8.38. The van der Waals surface area contributed by atoms with Crippen molar-refractivity contribution in [2.24, 2.45) is 17.6 Å². The minimum absolute atomic E-state index is 0.0172. The number of amides is 2. The molecule has 0 unspecified atom stereocenters. The molecule has 232 valence electrons. The van der Waals surface area contributed by atoms with Gasteiger partial charge in [0.1, 0.15) is 5.82 Å². The number of pyridine rings is 1. The first kappa shape index (κ1) is 30.5. The highest BCUT2D eigenvalue weighted by atomic mass is 16.3. The Balaban J connectivity index is 1.12. The van der Waals surface area contributed by atoms with E-state index >= 15 is 0 Å². The van der Waals surface area contributed by atoms with Crippen molar-refractivity contribution in [3.63, 3.8) is 0 Å². The van der Waals surface area contributed by atoms with Crippen molar-refractivity contribution in [2.45, 2.75) is 102 Å². The molecule has 3 saturated carbocycles. The summed E-state index contributed by atoms with van der Waals surface area (Å²) >= 11 is 0. The van der Waals surface area contributed by atoms with E-state index in [1.54, 1.807) is 0 Å². The monoisotopic (exact) mass is 594 g/mol. The van der Waals surface area contributed by atoms with Crippen LogP contribution in [0.2, 0.25) is 0 Å². The minimum atomic E-state index is -0.706. The molecule has 3 aliphatic rings. The molecule has 4 N–H and O–H groups in total. The molecule has 0 saturated heterocycles. The number of anilines is 1. The molecule has 7 heteroatoms. The molecule has 3 aliphatic carbocycles. The predicted molar refractivity (Wildman–Crippen MR) is 175 cm³/mol. The van der Waals surface area contributed by atoms with E-state index in [1.807, 2.05) is 49.5 Å². The zero-order valence-corrected chi connectivity index (χ0v) is 26.3. The van der Waals surface area contributed by atoms with Gasteiger partial charge in [0.05, 0.1) is 5.60 Å². The number of rotatable bonds is 9. The lowest BCUT2D eigenvalue weighted by atomic mass is 9.63. The molecule has 2 amide bonds. The average molecular weight is 595 g/mol. The summed E-state index contributed by atoms with van der Waals surface area (Å²) in [6, 6.07) is 20.8. The summed E-state index contributed by atoms with van der Waals surface area (Å²) in [6.45, 7) is 6.07. The fraction of sp³-hybridized carbons (Fsp3) is 0.486. The first-order valence-corrected chi connectivity index (χ1v) is 16.3. The van der Waals surface area contributed by atoms with Crippen LogP contribution >= 0.6 is 0 Å². The zero-order chi connectivity index (χ0) is 31.1. The van der Waals surface area contributed by atoms with E-state index in [-0.39, 0.29) is 23.9 Å². The molecule has 0 atom stereocenters. The van der Waals surface area contributed by atoms with E-state index in [0.29, 0.717) is 36.9 Å². The molecule has 0 radical (unpaired) electrons. The number of hydrogen-bond donors (Lipinski definition) is 3. The Morgan fingerprint density at radius 1 is 0.955 bits per heavy atom. The molecule has 44 heavy (non-hydrogen) atoms. The standard InChI is InChI=1S/C37H46N4O3/c1-24(2)41(35(43)28-11-12-28)30-17-9-25(10-18-30)19-34(42)40-33-20-31(26-7-5-4-6-8-26)32(21-39-33)27-13-15-29(16-14-27)37(38)22-36(3,44)23-37/h4-8,13-16,20-21,24-25,28,30,44H,9-12,17-19,22-23,38H2,1-3H3,(H,39,40,42). The summed E-state index contributed by atoms with van der Waals surface area (Å²) in [5.74, 6) is 1.41. The van der Waals surface area contributed by atoms with Crippen LogP contribution in [0.25, 0.3) is 22.3 Å². The largest absolute Gasteiger partial charge is 0.390 e. The molecule has 6 rings (SSSR count). The lowest BCUT2D eigenvalue weighted by molar-refractivity contribution is -0.138. The molecular weight excluding hydrogens is 548 g/mol. The van der Waals surface area contributed by atoms with Crippen LogP contribution in [0.4, 0.5) is 5.82 Å². The Labute approximate surface area is 261 Å². The smallest absolute Gasteiger partial charge is 0.226 e. The second-order valence-electron chi connectivity index (χ2n) is 14.1. The first-order valence-electron chi connectivity index (χ1n) is 16.3. The van der Waals surface area contributed by atoms with Gasteiger partial charge in [0.15, 0.2) is 0 Å². The Morgan fingerprint density at radius 3 is 2.18 bits per heavy atom. The SMILES string of the molecule is CC(C)N(C(=O)C1CC1)C1CCC(CC(=O)Nc2cc(-c3ccccc3)c(-c3ccc(C4(N)CC(C)(O)C4)cc3)cn2)CC1. The summed E-state index contributed by atoms with van der Waals surface area (Å²) in [7, 11) is 0. The fourth-order valence-electron chi connectivity index (χ4n) is 7.58. The maximum absolute atomic E-state index is 13.2. The molecule has 0 aliphatic heterocycles. The third-order valence-electron chi connectivity index (χ3n) is 9.84. The highest BCUT2D eigenvalue weighted by molar-refractivity contribution is 5.92. The van der Waals surface area contributed by atoms with Gasteiger partial charge >= 0.3 is 0 Å². The number of nitrogens with one attached hydrogen (secondary N) is 1. The van der Waals surface area contributed by atoms with Crippen LogP contribution < -0.4 is 11.1 Å². The first-order chi connectivity index (χ1) is 21.0. The highest BCUT2D eigenvalue weighted by Gasteiger charge is 2.49. The molecule has 1 heterocycles. The topological polar surface area (TPSA) is 109 Å². The third kappa shape index (κ3) is 6.59. The maximum Gasteiger partial charge on any atom is 0.226 e. The normalized spacial score (nSPS) is 26.6. The van der Waals surface area contributed by atoms with Gasteiger partial charge in [0.2, 0.25) is 11.8 Å². The van der Waals surface area contributed by atoms with E-state index in [9.17, 15) is 14.7 Å². The number of nitrogens with zero attached hydrogens (tertiary/aromatic N) is 2. The van der Waals surface area contributed by atoms with Gasteiger partial charge in [-0.3, -0.25) is 9.59 Å². The van der Waals surface area contributed by atoms with Gasteiger partial charge in [0, 0.05) is 41.7 Å². The van der Waals surface area contributed by atoms with Crippen molar-refractivity contribution < 1.29 is 14.7 Å². The molecular formula is C37H46N4O3. The summed E-state index contributed by atoms with van der Waals surface area (Å²) in [5.41, 5.74) is 10.4. The number of carbonyl (C=O) groups is 2. The van der Waals surface area contributed by atoms with Crippen molar-refractivity contribution in [3.8, 4) is 22.3 Å². The van der Waals surface area contributed by atoms with Crippen molar-refractivity contribution in [3.05, 3.63) is 72.4 Å². The number of nitrogens with two attached hydrogens (primary N) is 1. The molecule has 7 nitrogen and oxygen atoms in total. The average Bonchev–Trinajstić information content (AvgIpc) is 3.83. The van der Waals surface area contributed by atoms with Gasteiger partial charge in [-0.1, -0.05) is 54.6 Å². The van der Waals surface area contributed by atoms with Crippen molar-refractivity contribution in [2.75, 3.05) is 5.32 Å². The van der Waals surface area contributed by atoms with Crippen LogP contribution in [0.15, 0.2) is 66.9 Å². The number of carbonyl (C=O) groups excluding carboxylic acids is 2. The van der Waals surface area contributed by atoms with E-state index < -0.39 is 11.1 Å². The van der Waals surface area contributed by atoms with Gasteiger partial charge in [-0.2, -0.15) is 0 Å². The van der Waals surface area contributed by atoms with Gasteiger partial charge in [-0.05, 0) is 106 Å². The van der Waals surface area contributed by atoms with Crippen LogP contribution in [-0.2, 0) is 15.1 Å². The van der Waals surface area contributed by atoms with Gasteiger partial charge in [-0.15, -0.1) is 0 Å². The van der Waals surface area contributed by atoms with Crippen molar-refractivity contribution in [1.29, 1.82) is 0 Å². The molecule has 2 aromatic carbocycles. The quantitative estimate of drug-likeness (QED) is 0.257. The van der Waals surface area contributed by atoms with Gasteiger partial charge in [0.25, 0.3) is 0 Å². The predicted octanol–water partition coefficient (Wildman–Crippen LogP) is 6.65. The Bertz CT molecular complexity index is 1480. The minimum Gasteiger partial charge on any atom is -0.390 e. The van der Waals surface area contributed by atoms with E-state index in [1.165, 1.54) is 0 Å². The van der Waals surface area contributed by atoms with E-state index in [0.717, 1.165) is 66.3 Å². The molecule has 0 spiro atoms. The lowest BCUT2D eigenvalue weighted by Crippen LogP contribution is -2.58. The number of hydrogen-bond acceptors (Lipinski definition) is 5. The molecule has 1 aromatic heterocycles. The highest BCUT2D eigenvalue weighted by Crippen LogP contribution is 2.46.